The van der Waals surface area contributed by atoms with Gasteiger partial charge in [-0.25, -0.2) is 4.79 Å². The highest BCUT2D eigenvalue weighted by atomic mass is 19.3. The first-order valence-corrected chi connectivity index (χ1v) is 8.13. The van der Waals surface area contributed by atoms with Gasteiger partial charge in [-0.2, -0.15) is 13.9 Å². The highest BCUT2D eigenvalue weighted by molar-refractivity contribution is 5.90. The van der Waals surface area contributed by atoms with E-state index in [9.17, 15) is 13.6 Å². The monoisotopic (exact) mass is 332 g/mol. The summed E-state index contributed by atoms with van der Waals surface area (Å²) in [6.07, 6.45) is 0.419. The second-order valence-electron chi connectivity index (χ2n) is 6.78. The topological polar surface area (TPSA) is 44.1 Å². The van der Waals surface area contributed by atoms with Gasteiger partial charge in [0.1, 0.15) is 12.3 Å². The van der Waals surface area contributed by atoms with Crippen LogP contribution >= 0.6 is 0 Å². The number of alkyl halides is 2. The van der Waals surface area contributed by atoms with Gasteiger partial charge in [0, 0.05) is 17.5 Å². The minimum atomic E-state index is -2.91. The van der Waals surface area contributed by atoms with Crippen molar-refractivity contribution in [3.05, 3.63) is 52.8 Å². The van der Waals surface area contributed by atoms with Crippen molar-refractivity contribution in [1.29, 1.82) is 0 Å². The maximum atomic E-state index is 14.5. The smallest absolute Gasteiger partial charge is 0.359 e. The molecule has 0 N–H and O–H groups in total. The average molecular weight is 332 g/mol. The summed E-state index contributed by atoms with van der Waals surface area (Å²) in [5, 5.41) is 4.18. The van der Waals surface area contributed by atoms with Crippen LogP contribution in [-0.4, -0.2) is 15.7 Å². The molecule has 0 spiro atoms. The Bertz CT molecular complexity index is 799. The van der Waals surface area contributed by atoms with E-state index in [4.69, 9.17) is 4.74 Å². The molecule has 0 unspecified atom stereocenters. The SMILES string of the molecule is CC(C)n1nc(C(=O)OCc2ccccc2)c2c1C(F)(F)[C@@H]1C[C@H]21. The van der Waals surface area contributed by atoms with Gasteiger partial charge in [0.15, 0.2) is 5.69 Å². The lowest BCUT2D eigenvalue weighted by Crippen LogP contribution is -2.21. The normalized spacial score (nSPS) is 23.0. The summed E-state index contributed by atoms with van der Waals surface area (Å²) in [6.45, 7) is 3.67. The van der Waals surface area contributed by atoms with Gasteiger partial charge in [-0.15, -0.1) is 0 Å². The third-order valence-electron chi connectivity index (χ3n) is 4.78. The predicted octanol–water partition coefficient (Wildman–Crippen LogP) is 4.03. The van der Waals surface area contributed by atoms with Crippen molar-refractivity contribution in [1.82, 2.24) is 9.78 Å². The first kappa shape index (κ1) is 15.3. The molecule has 6 heteroatoms. The van der Waals surface area contributed by atoms with Crippen molar-refractivity contribution in [2.45, 2.75) is 44.8 Å². The Morgan fingerprint density at radius 2 is 2.08 bits per heavy atom. The molecule has 0 bridgehead atoms. The molecule has 24 heavy (non-hydrogen) atoms. The Hall–Kier alpha value is -2.24. The van der Waals surface area contributed by atoms with Crippen molar-refractivity contribution < 1.29 is 18.3 Å². The fraction of sp³-hybridized carbons (Fsp3) is 0.444. The summed E-state index contributed by atoms with van der Waals surface area (Å²) in [4.78, 5) is 12.4. The number of aromatic nitrogens is 2. The van der Waals surface area contributed by atoms with Gasteiger partial charge in [0.2, 0.25) is 0 Å². The maximum Gasteiger partial charge on any atom is 0.359 e. The summed E-state index contributed by atoms with van der Waals surface area (Å²) < 4.78 is 35.6. The van der Waals surface area contributed by atoms with Gasteiger partial charge in [-0.1, -0.05) is 30.3 Å². The third-order valence-corrected chi connectivity index (χ3v) is 4.78. The van der Waals surface area contributed by atoms with Crippen molar-refractivity contribution in [2.75, 3.05) is 0 Å². The van der Waals surface area contributed by atoms with Crippen LogP contribution in [0.4, 0.5) is 8.78 Å². The van der Waals surface area contributed by atoms with Gasteiger partial charge in [-0.05, 0) is 31.7 Å². The Kier molecular flexibility index (Phi) is 3.27. The summed E-state index contributed by atoms with van der Waals surface area (Å²) >= 11 is 0. The second-order valence-corrected chi connectivity index (χ2v) is 6.78. The molecule has 4 rings (SSSR count). The van der Waals surface area contributed by atoms with Gasteiger partial charge in [0.25, 0.3) is 5.92 Å². The van der Waals surface area contributed by atoms with Crippen LogP contribution in [0, 0.1) is 5.92 Å². The summed E-state index contributed by atoms with van der Waals surface area (Å²) in [6, 6.07) is 9.02. The number of benzene rings is 1. The van der Waals surface area contributed by atoms with Gasteiger partial charge < -0.3 is 4.74 Å². The summed E-state index contributed by atoms with van der Waals surface area (Å²) in [5.74, 6) is -4.48. The van der Waals surface area contributed by atoms with E-state index in [1.807, 2.05) is 30.3 Å². The molecule has 1 aromatic heterocycles. The molecule has 2 aliphatic carbocycles. The van der Waals surface area contributed by atoms with E-state index in [1.165, 1.54) is 4.68 Å². The first-order chi connectivity index (χ1) is 11.4. The predicted molar refractivity (Wildman–Crippen MR) is 82.9 cm³/mol. The number of fused-ring (bicyclic) bond motifs is 3. The molecule has 0 aliphatic heterocycles. The van der Waals surface area contributed by atoms with Crippen molar-refractivity contribution in [2.24, 2.45) is 5.92 Å². The second kappa shape index (κ2) is 5.13. The van der Waals surface area contributed by atoms with E-state index < -0.39 is 17.8 Å². The Morgan fingerprint density at radius 1 is 1.38 bits per heavy atom. The zero-order valence-corrected chi connectivity index (χ0v) is 13.5. The Morgan fingerprint density at radius 3 is 2.75 bits per heavy atom. The van der Waals surface area contributed by atoms with Gasteiger partial charge in [-0.3, -0.25) is 4.68 Å². The number of ether oxygens (including phenoxy) is 1. The Labute approximate surface area is 138 Å². The van der Waals surface area contributed by atoms with E-state index in [0.29, 0.717) is 12.0 Å². The van der Waals surface area contributed by atoms with Gasteiger partial charge >= 0.3 is 5.97 Å². The lowest BCUT2D eigenvalue weighted by atomic mass is 10.1. The number of halogens is 2. The molecule has 0 amide bonds. The largest absolute Gasteiger partial charge is 0.456 e. The molecule has 1 fully saturated rings. The maximum absolute atomic E-state index is 14.5. The van der Waals surface area contributed by atoms with Crippen LogP contribution in [-0.2, 0) is 17.3 Å². The zero-order chi connectivity index (χ0) is 17.1. The molecule has 0 radical (unpaired) electrons. The quantitative estimate of drug-likeness (QED) is 0.794. The minimum Gasteiger partial charge on any atom is -0.456 e. The van der Waals surface area contributed by atoms with Crippen molar-refractivity contribution >= 4 is 5.97 Å². The molecule has 0 saturated heterocycles. The van der Waals surface area contributed by atoms with E-state index in [0.717, 1.165) is 5.56 Å². The van der Waals surface area contributed by atoms with E-state index in [-0.39, 0.29) is 30.0 Å². The summed E-state index contributed by atoms with van der Waals surface area (Å²) in [5.41, 5.74) is 1.21. The molecular weight excluding hydrogens is 314 g/mol. The molecule has 1 saturated carbocycles. The minimum absolute atomic E-state index is 0.0549. The van der Waals surface area contributed by atoms with Crippen molar-refractivity contribution in [3.63, 3.8) is 0 Å². The van der Waals surface area contributed by atoms with Crippen LogP contribution < -0.4 is 0 Å². The van der Waals surface area contributed by atoms with Gasteiger partial charge in [0.05, 0.1) is 0 Å². The molecular formula is C18H18F2N2O2. The number of hydrogen-bond donors (Lipinski definition) is 0. The van der Waals surface area contributed by atoms with E-state index in [2.05, 4.69) is 5.10 Å². The van der Waals surface area contributed by atoms with Crippen LogP contribution in [0.2, 0.25) is 0 Å². The van der Waals surface area contributed by atoms with Crippen LogP contribution in [0.1, 0.15) is 59.5 Å². The van der Waals surface area contributed by atoms with Crippen LogP contribution in [0.15, 0.2) is 30.3 Å². The number of nitrogens with zero attached hydrogens (tertiary/aromatic N) is 2. The van der Waals surface area contributed by atoms with E-state index >= 15 is 0 Å². The molecule has 1 heterocycles. The average Bonchev–Trinajstić information content (AvgIpc) is 3.20. The first-order valence-electron chi connectivity index (χ1n) is 8.13. The molecule has 4 nitrogen and oxygen atoms in total. The van der Waals surface area contributed by atoms with E-state index in [1.54, 1.807) is 13.8 Å². The number of rotatable bonds is 4. The molecule has 2 atom stereocenters. The van der Waals surface area contributed by atoms with Crippen LogP contribution in [0.25, 0.3) is 0 Å². The highest BCUT2D eigenvalue weighted by Crippen LogP contribution is 2.67. The molecule has 2 aromatic rings. The lowest BCUT2D eigenvalue weighted by molar-refractivity contribution is -0.0319. The Balaban J connectivity index is 1.65. The standard InChI is InChI=1S/C18H18F2N2O2/c1-10(2)22-16-14(12-8-13(12)18(16,19)20)15(21-22)17(23)24-9-11-6-4-3-5-7-11/h3-7,10,12-13H,8-9H2,1-2H3/t12-,13+/m0/s1. The number of carbonyl (C=O) groups excluding carboxylic acids is 1. The third kappa shape index (κ3) is 2.16. The lowest BCUT2D eigenvalue weighted by Gasteiger charge is -2.17. The molecule has 2 aliphatic rings. The fourth-order valence-corrected chi connectivity index (χ4v) is 3.54. The highest BCUT2D eigenvalue weighted by Gasteiger charge is 2.67. The molecule has 126 valence electrons. The van der Waals surface area contributed by atoms with Crippen LogP contribution in [0.5, 0.6) is 0 Å². The molecule has 1 aromatic carbocycles. The summed E-state index contributed by atoms with van der Waals surface area (Å²) in [7, 11) is 0. The van der Waals surface area contributed by atoms with Crippen LogP contribution in [0.3, 0.4) is 0 Å². The van der Waals surface area contributed by atoms with Crippen molar-refractivity contribution in [3.8, 4) is 0 Å². The number of carbonyl (C=O) groups is 1. The fourth-order valence-electron chi connectivity index (χ4n) is 3.54. The number of esters is 1. The zero-order valence-electron chi connectivity index (χ0n) is 13.5. The number of hydrogen-bond acceptors (Lipinski definition) is 3.